The lowest BCUT2D eigenvalue weighted by Gasteiger charge is -2.16. The average Bonchev–Trinajstić information content (AvgIpc) is 2.71. The van der Waals surface area contributed by atoms with Gasteiger partial charge in [-0.3, -0.25) is 4.79 Å². The van der Waals surface area contributed by atoms with E-state index in [1.807, 2.05) is 0 Å². The molecule has 0 spiro atoms. The summed E-state index contributed by atoms with van der Waals surface area (Å²) < 4.78 is 10.0. The smallest absolute Gasteiger partial charge is 0.407 e. The van der Waals surface area contributed by atoms with Crippen LogP contribution in [0.2, 0.25) is 0 Å². The quantitative estimate of drug-likeness (QED) is 0.529. The van der Waals surface area contributed by atoms with E-state index in [-0.39, 0.29) is 25.7 Å². The number of terminal acetylenes is 1. The van der Waals surface area contributed by atoms with E-state index in [0.29, 0.717) is 18.8 Å². The Morgan fingerprint density at radius 2 is 2.21 bits per heavy atom. The number of carbonyl (C=O) groups excluding carboxylic acids is 2. The molecule has 2 amide bonds. The molecule has 0 saturated carbocycles. The Bertz CT molecular complexity index is 405. The number of carbonyl (C=O) groups is 2. The summed E-state index contributed by atoms with van der Waals surface area (Å²) >= 11 is 0. The van der Waals surface area contributed by atoms with Crippen molar-refractivity contribution in [3.05, 3.63) is 24.4 Å². The van der Waals surface area contributed by atoms with Gasteiger partial charge in [0.05, 0.1) is 19.8 Å². The van der Waals surface area contributed by atoms with Crippen molar-refractivity contribution < 1.29 is 19.1 Å². The highest BCUT2D eigenvalue weighted by atomic mass is 16.6. The molecule has 0 radical (unpaired) electrons. The number of hydrogen-bond acceptors (Lipinski definition) is 4. The highest BCUT2D eigenvalue weighted by molar-refractivity contribution is 5.92. The molecule has 6 heteroatoms. The molecule has 1 aliphatic heterocycles. The van der Waals surface area contributed by atoms with Gasteiger partial charge in [0.25, 0.3) is 5.91 Å². The molecular weight excluding hydrogens is 248 g/mol. The first-order valence-electron chi connectivity index (χ1n) is 5.75. The fraction of sp³-hybridized carbons (Fsp3) is 0.385. The van der Waals surface area contributed by atoms with Gasteiger partial charge in [0, 0.05) is 18.3 Å². The monoisotopic (exact) mass is 264 g/mol. The summed E-state index contributed by atoms with van der Waals surface area (Å²) in [6, 6.07) is 0. The van der Waals surface area contributed by atoms with Crippen molar-refractivity contribution in [2.24, 2.45) is 0 Å². The molecule has 0 aromatic carbocycles. The maximum atomic E-state index is 11.3. The fourth-order valence-corrected chi connectivity index (χ4v) is 1.37. The van der Waals surface area contributed by atoms with E-state index < -0.39 is 6.09 Å². The number of hydrogen-bond donors (Lipinski definition) is 1. The molecule has 1 aliphatic rings. The first kappa shape index (κ1) is 14.8. The number of nitrogens with one attached hydrogen (secondary N) is 1. The van der Waals surface area contributed by atoms with Gasteiger partial charge in [-0.05, 0) is 6.08 Å². The third-order valence-corrected chi connectivity index (χ3v) is 2.29. The van der Waals surface area contributed by atoms with Crippen LogP contribution in [0, 0.1) is 12.3 Å². The number of nitrogens with zero attached hydrogens (tertiary/aromatic N) is 1. The number of allylic oxidation sites excluding steroid dienone is 1. The first-order chi connectivity index (χ1) is 9.15. The molecular formula is C13H16N2O4. The SMILES string of the molecule is C#CCNC(=O)OCCOCCN1C(=C)C=CC1=O. The lowest BCUT2D eigenvalue weighted by molar-refractivity contribution is -0.123. The normalized spacial score (nSPS) is 13.5. The summed E-state index contributed by atoms with van der Waals surface area (Å²) in [6.07, 6.45) is 7.50. The molecule has 1 rings (SSSR count). The van der Waals surface area contributed by atoms with Crippen LogP contribution in [0.3, 0.4) is 0 Å². The maximum Gasteiger partial charge on any atom is 0.407 e. The minimum Gasteiger partial charge on any atom is -0.447 e. The molecule has 0 aromatic rings. The second-order valence-electron chi connectivity index (χ2n) is 3.62. The van der Waals surface area contributed by atoms with Gasteiger partial charge in [-0.1, -0.05) is 12.5 Å². The van der Waals surface area contributed by atoms with Crippen LogP contribution >= 0.6 is 0 Å². The van der Waals surface area contributed by atoms with Crippen molar-refractivity contribution in [1.82, 2.24) is 10.2 Å². The van der Waals surface area contributed by atoms with Crippen molar-refractivity contribution in [1.29, 1.82) is 0 Å². The third kappa shape index (κ3) is 5.27. The van der Waals surface area contributed by atoms with Crippen LogP contribution in [-0.4, -0.2) is 49.8 Å². The van der Waals surface area contributed by atoms with Gasteiger partial charge in [0.2, 0.25) is 0 Å². The van der Waals surface area contributed by atoms with Crippen molar-refractivity contribution in [2.75, 3.05) is 32.9 Å². The Labute approximate surface area is 112 Å². The van der Waals surface area contributed by atoms with Crippen LogP contribution in [0.15, 0.2) is 24.4 Å². The van der Waals surface area contributed by atoms with E-state index in [1.165, 1.54) is 11.0 Å². The van der Waals surface area contributed by atoms with Gasteiger partial charge >= 0.3 is 6.09 Å². The Morgan fingerprint density at radius 3 is 2.84 bits per heavy atom. The maximum absolute atomic E-state index is 11.3. The molecule has 0 fully saturated rings. The molecule has 0 aromatic heterocycles. The zero-order valence-corrected chi connectivity index (χ0v) is 10.6. The highest BCUT2D eigenvalue weighted by Crippen LogP contribution is 2.11. The van der Waals surface area contributed by atoms with Gasteiger partial charge in [-0.15, -0.1) is 6.42 Å². The lowest BCUT2D eigenvalue weighted by Crippen LogP contribution is -2.28. The minimum absolute atomic E-state index is 0.0986. The minimum atomic E-state index is -0.575. The first-order valence-corrected chi connectivity index (χ1v) is 5.75. The van der Waals surface area contributed by atoms with E-state index in [1.54, 1.807) is 6.08 Å². The van der Waals surface area contributed by atoms with E-state index in [9.17, 15) is 9.59 Å². The number of rotatable bonds is 7. The van der Waals surface area contributed by atoms with Crippen LogP contribution < -0.4 is 5.32 Å². The molecule has 6 nitrogen and oxygen atoms in total. The van der Waals surface area contributed by atoms with E-state index in [2.05, 4.69) is 17.8 Å². The van der Waals surface area contributed by atoms with Crippen LogP contribution in [0.4, 0.5) is 4.79 Å². The van der Waals surface area contributed by atoms with Crippen molar-refractivity contribution >= 4 is 12.0 Å². The Morgan fingerprint density at radius 1 is 1.42 bits per heavy atom. The Hall–Kier alpha value is -2.26. The predicted octanol–water partition coefficient (Wildman–Crippen LogP) is 0.274. The molecule has 0 saturated heterocycles. The van der Waals surface area contributed by atoms with Gasteiger partial charge < -0.3 is 19.7 Å². The number of ether oxygens (including phenoxy) is 2. The summed E-state index contributed by atoms with van der Waals surface area (Å²) in [5, 5.41) is 2.35. The number of alkyl carbamates (subject to hydrolysis) is 1. The zero-order chi connectivity index (χ0) is 14.1. The van der Waals surface area contributed by atoms with Crippen LogP contribution in [-0.2, 0) is 14.3 Å². The highest BCUT2D eigenvalue weighted by Gasteiger charge is 2.17. The molecule has 0 atom stereocenters. The van der Waals surface area contributed by atoms with Gasteiger partial charge in [0.15, 0.2) is 0 Å². The van der Waals surface area contributed by atoms with Crippen molar-refractivity contribution in [3.63, 3.8) is 0 Å². The van der Waals surface area contributed by atoms with Gasteiger partial charge in [-0.2, -0.15) is 0 Å². The number of amides is 2. The van der Waals surface area contributed by atoms with Crippen molar-refractivity contribution in [3.8, 4) is 12.3 Å². The summed E-state index contributed by atoms with van der Waals surface area (Å²) in [5.74, 6) is 2.16. The van der Waals surface area contributed by atoms with E-state index >= 15 is 0 Å². The third-order valence-electron chi connectivity index (χ3n) is 2.29. The summed E-state index contributed by atoms with van der Waals surface area (Å²) in [4.78, 5) is 23.8. The van der Waals surface area contributed by atoms with Gasteiger partial charge in [-0.25, -0.2) is 4.79 Å². The predicted molar refractivity (Wildman–Crippen MR) is 69.0 cm³/mol. The topological polar surface area (TPSA) is 67.9 Å². The molecule has 1 heterocycles. The zero-order valence-electron chi connectivity index (χ0n) is 10.6. The van der Waals surface area contributed by atoms with Gasteiger partial charge in [0.1, 0.15) is 6.61 Å². The fourth-order valence-electron chi connectivity index (χ4n) is 1.37. The molecule has 19 heavy (non-hydrogen) atoms. The Kier molecular flexibility index (Phi) is 6.19. The standard InChI is InChI=1S/C13H16N2O4/c1-3-6-14-13(17)19-10-9-18-8-7-15-11(2)4-5-12(15)16/h1,4-5H,2,6-10H2,(H,14,17). The summed E-state index contributed by atoms with van der Waals surface area (Å²) in [5.41, 5.74) is 0.651. The Balaban J connectivity index is 2.00. The van der Waals surface area contributed by atoms with Crippen LogP contribution in [0.25, 0.3) is 0 Å². The summed E-state index contributed by atoms with van der Waals surface area (Å²) in [6.45, 7) is 5.01. The van der Waals surface area contributed by atoms with E-state index in [0.717, 1.165) is 0 Å². The van der Waals surface area contributed by atoms with Crippen LogP contribution in [0.5, 0.6) is 0 Å². The molecule has 1 N–H and O–H groups in total. The van der Waals surface area contributed by atoms with Crippen LogP contribution in [0.1, 0.15) is 0 Å². The molecule has 0 aliphatic carbocycles. The van der Waals surface area contributed by atoms with E-state index in [4.69, 9.17) is 15.9 Å². The molecule has 102 valence electrons. The molecule has 0 unspecified atom stereocenters. The second-order valence-corrected chi connectivity index (χ2v) is 3.62. The lowest BCUT2D eigenvalue weighted by atomic mass is 10.4. The summed E-state index contributed by atoms with van der Waals surface area (Å²) in [7, 11) is 0. The second kappa shape index (κ2) is 7.95. The van der Waals surface area contributed by atoms with Crippen molar-refractivity contribution in [2.45, 2.75) is 0 Å². The largest absolute Gasteiger partial charge is 0.447 e. The average molecular weight is 264 g/mol. The molecule has 0 bridgehead atoms.